The molecular weight excluding hydrogens is 202 g/mol. The second kappa shape index (κ2) is 4.44. The van der Waals surface area contributed by atoms with E-state index in [0.717, 1.165) is 5.56 Å². The normalized spacial score (nSPS) is 11.9. The molecule has 0 spiro atoms. The van der Waals surface area contributed by atoms with Gasteiger partial charge in [0, 0.05) is 6.08 Å². The Bertz CT molecular complexity index is 391. The van der Waals surface area contributed by atoms with Gasteiger partial charge in [-0.15, -0.1) is 0 Å². The highest BCUT2D eigenvalue weighted by molar-refractivity contribution is 6.88. The van der Waals surface area contributed by atoms with Gasteiger partial charge in [0.05, 0.1) is 8.07 Å². The summed E-state index contributed by atoms with van der Waals surface area (Å²) in [4.78, 5) is 10.6. The van der Waals surface area contributed by atoms with Crippen molar-refractivity contribution >= 4 is 25.2 Å². The first-order valence-electron chi connectivity index (χ1n) is 4.97. The Morgan fingerprint density at radius 2 is 2.00 bits per heavy atom. The minimum Gasteiger partial charge on any atom is -0.366 e. The van der Waals surface area contributed by atoms with Crippen LogP contribution in [0.5, 0.6) is 0 Å². The second-order valence-electron chi connectivity index (χ2n) is 4.61. The molecule has 0 saturated carbocycles. The summed E-state index contributed by atoms with van der Waals surface area (Å²) in [5, 5.41) is 1.38. The zero-order valence-corrected chi connectivity index (χ0v) is 10.4. The molecule has 1 amide bonds. The van der Waals surface area contributed by atoms with Gasteiger partial charge >= 0.3 is 0 Å². The van der Waals surface area contributed by atoms with Crippen molar-refractivity contribution in [3.63, 3.8) is 0 Å². The summed E-state index contributed by atoms with van der Waals surface area (Å²) in [6.07, 6.45) is 3.15. The van der Waals surface area contributed by atoms with Gasteiger partial charge in [-0.3, -0.25) is 4.79 Å². The van der Waals surface area contributed by atoms with E-state index in [1.54, 1.807) is 6.08 Å². The molecule has 0 unspecified atom stereocenters. The van der Waals surface area contributed by atoms with Crippen molar-refractivity contribution in [3.8, 4) is 0 Å². The zero-order chi connectivity index (χ0) is 11.5. The van der Waals surface area contributed by atoms with Crippen LogP contribution in [0.25, 0.3) is 6.08 Å². The number of hydrogen-bond acceptors (Lipinski definition) is 1. The predicted molar refractivity (Wildman–Crippen MR) is 67.7 cm³/mol. The van der Waals surface area contributed by atoms with Crippen molar-refractivity contribution in [2.45, 2.75) is 19.6 Å². The molecule has 0 fully saturated rings. The van der Waals surface area contributed by atoms with Crippen LogP contribution in [-0.2, 0) is 4.79 Å². The molecule has 15 heavy (non-hydrogen) atoms. The fourth-order valence-electron chi connectivity index (χ4n) is 1.29. The van der Waals surface area contributed by atoms with Crippen LogP contribution in [0, 0.1) is 0 Å². The van der Waals surface area contributed by atoms with Gasteiger partial charge in [0.2, 0.25) is 5.91 Å². The van der Waals surface area contributed by atoms with E-state index < -0.39 is 14.0 Å². The predicted octanol–water partition coefficient (Wildman–Crippen LogP) is 1.73. The molecule has 1 rings (SSSR count). The topological polar surface area (TPSA) is 43.1 Å². The van der Waals surface area contributed by atoms with Crippen LogP contribution < -0.4 is 10.9 Å². The number of carbonyl (C=O) groups excluding carboxylic acids is 1. The Morgan fingerprint density at radius 3 is 2.53 bits per heavy atom. The summed E-state index contributed by atoms with van der Waals surface area (Å²) in [6.45, 7) is 6.89. The van der Waals surface area contributed by atoms with E-state index in [2.05, 4.69) is 31.8 Å². The van der Waals surface area contributed by atoms with Crippen LogP contribution in [0.3, 0.4) is 0 Å². The van der Waals surface area contributed by atoms with Crippen molar-refractivity contribution in [1.82, 2.24) is 0 Å². The maximum Gasteiger partial charge on any atom is 0.241 e. The number of hydrogen-bond donors (Lipinski definition) is 1. The highest BCUT2D eigenvalue weighted by Gasteiger charge is 2.15. The van der Waals surface area contributed by atoms with Crippen molar-refractivity contribution in [2.75, 3.05) is 0 Å². The average molecular weight is 219 g/mol. The van der Waals surface area contributed by atoms with E-state index in [-0.39, 0.29) is 0 Å². The molecule has 1 aromatic carbocycles. The highest BCUT2D eigenvalue weighted by Crippen LogP contribution is 2.06. The van der Waals surface area contributed by atoms with Crippen LogP contribution in [0.1, 0.15) is 5.56 Å². The molecule has 0 heterocycles. The number of rotatable bonds is 3. The average Bonchev–Trinajstić information content (AvgIpc) is 2.14. The summed E-state index contributed by atoms with van der Waals surface area (Å²) in [5.74, 6) is -0.409. The van der Waals surface area contributed by atoms with Gasteiger partial charge < -0.3 is 5.73 Å². The van der Waals surface area contributed by atoms with Crippen LogP contribution >= 0.6 is 0 Å². The van der Waals surface area contributed by atoms with E-state index in [4.69, 9.17) is 5.73 Å². The van der Waals surface area contributed by atoms with Gasteiger partial charge in [0.25, 0.3) is 0 Å². The fraction of sp³-hybridized carbons (Fsp3) is 0.250. The van der Waals surface area contributed by atoms with Gasteiger partial charge in [-0.1, -0.05) is 49.1 Å². The molecule has 2 nitrogen and oxygen atoms in total. The minimum atomic E-state index is -1.27. The van der Waals surface area contributed by atoms with Crippen molar-refractivity contribution in [3.05, 3.63) is 35.9 Å². The van der Waals surface area contributed by atoms with Gasteiger partial charge in [-0.25, -0.2) is 0 Å². The fourth-order valence-corrected chi connectivity index (χ4v) is 2.48. The van der Waals surface area contributed by atoms with E-state index in [1.165, 1.54) is 11.3 Å². The Hall–Kier alpha value is -1.35. The van der Waals surface area contributed by atoms with Gasteiger partial charge in [0.1, 0.15) is 0 Å². The lowest BCUT2D eigenvalue weighted by atomic mass is 10.2. The SMILES string of the molecule is C[Si](C)(C)c1cccc(C=CC(N)=O)c1. The Kier molecular flexibility index (Phi) is 3.47. The molecule has 0 bridgehead atoms. The maximum atomic E-state index is 10.6. The van der Waals surface area contributed by atoms with Crippen molar-refractivity contribution in [1.29, 1.82) is 0 Å². The largest absolute Gasteiger partial charge is 0.366 e. The molecule has 1 aromatic rings. The van der Waals surface area contributed by atoms with Crippen LogP contribution in [0.2, 0.25) is 19.6 Å². The summed E-state index contributed by atoms with van der Waals surface area (Å²) in [5.41, 5.74) is 6.08. The van der Waals surface area contributed by atoms with E-state index in [1.807, 2.05) is 12.1 Å². The third kappa shape index (κ3) is 3.71. The molecule has 2 N–H and O–H groups in total. The van der Waals surface area contributed by atoms with Crippen LogP contribution in [0.4, 0.5) is 0 Å². The minimum absolute atomic E-state index is 0.409. The Balaban J connectivity index is 2.98. The summed E-state index contributed by atoms with van der Waals surface area (Å²) in [6, 6.07) is 8.27. The van der Waals surface area contributed by atoms with Crippen LogP contribution in [0.15, 0.2) is 30.3 Å². The standard InChI is InChI=1S/C12H17NOSi/c1-15(2,3)11-6-4-5-10(9-11)7-8-12(13)14/h4-9H,1-3H3,(H2,13,14). The summed E-state index contributed by atoms with van der Waals surface area (Å²) in [7, 11) is -1.27. The number of benzene rings is 1. The third-order valence-electron chi connectivity index (χ3n) is 2.19. The van der Waals surface area contributed by atoms with E-state index >= 15 is 0 Å². The lowest BCUT2D eigenvalue weighted by Gasteiger charge is -2.16. The molecule has 3 heteroatoms. The molecule has 80 valence electrons. The molecule has 0 atom stereocenters. The quantitative estimate of drug-likeness (QED) is 0.610. The lowest BCUT2D eigenvalue weighted by molar-refractivity contribution is -0.113. The number of nitrogens with two attached hydrogens (primary N) is 1. The van der Waals surface area contributed by atoms with Crippen molar-refractivity contribution < 1.29 is 4.79 Å². The second-order valence-corrected chi connectivity index (χ2v) is 9.69. The molecular formula is C12H17NOSi. The molecule has 0 aliphatic rings. The van der Waals surface area contributed by atoms with Crippen molar-refractivity contribution in [2.24, 2.45) is 5.73 Å². The van der Waals surface area contributed by atoms with Gasteiger partial charge in [0.15, 0.2) is 0 Å². The summed E-state index contributed by atoms with van der Waals surface area (Å²) < 4.78 is 0. The Morgan fingerprint density at radius 1 is 1.33 bits per heavy atom. The van der Waals surface area contributed by atoms with E-state index in [0.29, 0.717) is 0 Å². The molecule has 0 radical (unpaired) electrons. The van der Waals surface area contributed by atoms with Gasteiger partial charge in [-0.05, 0) is 11.6 Å². The first-order valence-corrected chi connectivity index (χ1v) is 8.47. The first-order chi connectivity index (χ1) is 6.89. The highest BCUT2D eigenvalue weighted by atomic mass is 28.3. The first kappa shape index (κ1) is 11.7. The third-order valence-corrected chi connectivity index (χ3v) is 4.24. The monoisotopic (exact) mass is 219 g/mol. The summed E-state index contributed by atoms with van der Waals surface area (Å²) >= 11 is 0. The van der Waals surface area contributed by atoms with Crippen LogP contribution in [-0.4, -0.2) is 14.0 Å². The van der Waals surface area contributed by atoms with Gasteiger partial charge in [-0.2, -0.15) is 0 Å². The molecule has 0 aromatic heterocycles. The lowest BCUT2D eigenvalue weighted by Crippen LogP contribution is -2.37. The molecule has 0 aliphatic carbocycles. The number of primary amides is 1. The Labute approximate surface area is 91.8 Å². The number of amides is 1. The smallest absolute Gasteiger partial charge is 0.241 e. The maximum absolute atomic E-state index is 10.6. The number of carbonyl (C=O) groups is 1. The molecule has 0 aliphatic heterocycles. The van der Waals surface area contributed by atoms with E-state index in [9.17, 15) is 4.79 Å². The molecule has 0 saturated heterocycles. The zero-order valence-electron chi connectivity index (χ0n) is 9.45.